The van der Waals surface area contributed by atoms with E-state index in [9.17, 15) is 9.36 Å². The molecule has 0 aliphatic carbocycles. The normalized spacial score (nSPS) is 17.3. The van der Waals surface area contributed by atoms with Crippen molar-refractivity contribution in [1.82, 2.24) is 0 Å². The summed E-state index contributed by atoms with van der Waals surface area (Å²) < 4.78 is 16.1. The second-order valence-corrected chi connectivity index (χ2v) is 4.27. The Kier molecular flexibility index (Phi) is 6.65. The molecule has 15 heavy (non-hydrogen) atoms. The van der Waals surface area contributed by atoms with Gasteiger partial charge < -0.3 is 15.6 Å². The maximum atomic E-state index is 10.9. The van der Waals surface area contributed by atoms with E-state index in [1.54, 1.807) is 6.92 Å². The molecule has 0 rings (SSSR count). The zero-order valence-corrected chi connectivity index (χ0v) is 10.00. The number of nitrogens with two attached hydrogens (primary N) is 1. The third-order valence-corrected chi connectivity index (χ3v) is 2.95. The highest BCUT2D eigenvalue weighted by Gasteiger charge is 2.43. The van der Waals surface area contributed by atoms with E-state index in [1.165, 1.54) is 0 Å². The van der Waals surface area contributed by atoms with Crippen LogP contribution in [0.3, 0.4) is 0 Å². The number of ether oxygens (including phenoxy) is 1. The van der Waals surface area contributed by atoms with Gasteiger partial charge in [0.15, 0.2) is 8.46 Å². The van der Waals surface area contributed by atoms with Gasteiger partial charge in [-0.2, -0.15) is 0 Å². The summed E-state index contributed by atoms with van der Waals surface area (Å²) in [6, 6.07) is 0. The summed E-state index contributed by atoms with van der Waals surface area (Å²) in [5, 5.41) is 7.05. The Morgan fingerprint density at radius 3 is 2.53 bits per heavy atom. The fourth-order valence-electron chi connectivity index (χ4n) is 1.16. The number of carbonyl (C=O) groups is 1. The van der Waals surface area contributed by atoms with Crippen LogP contribution in [0.1, 0.15) is 33.1 Å². The molecule has 0 amide bonds. The van der Waals surface area contributed by atoms with E-state index in [-0.39, 0.29) is 0 Å². The van der Waals surface area contributed by atoms with Crippen LogP contribution in [0.15, 0.2) is 0 Å². The lowest BCUT2D eigenvalue weighted by Crippen LogP contribution is -2.53. The number of carboxylic acids is 1. The Hall–Kier alpha value is -0.510. The first-order valence-corrected chi connectivity index (χ1v) is 5.82. The molecule has 2 unspecified atom stereocenters. The number of hydrogen-bond donors (Lipinski definition) is 2. The summed E-state index contributed by atoms with van der Waals surface area (Å²) in [5.41, 5.74) is 5.53. The van der Waals surface area contributed by atoms with Gasteiger partial charge in [-0.25, -0.2) is 4.79 Å². The molecule has 2 atom stereocenters. The summed E-state index contributed by atoms with van der Waals surface area (Å²) >= 11 is 0. The molecule has 0 aliphatic rings. The highest BCUT2D eigenvalue weighted by Crippen LogP contribution is 2.26. The quantitative estimate of drug-likeness (QED) is 0.492. The summed E-state index contributed by atoms with van der Waals surface area (Å²) in [6.45, 7) is 4.20. The lowest BCUT2D eigenvalue weighted by molar-refractivity contribution is -0.144. The average molecular weight is 235 g/mol. The monoisotopic (exact) mass is 235 g/mol. The SMILES string of the molecule is CCCCOC(CC)C(N)(P=O)C(=O)O. The van der Waals surface area contributed by atoms with Gasteiger partial charge in [0.05, 0.1) is 6.10 Å². The van der Waals surface area contributed by atoms with Gasteiger partial charge in [-0.15, -0.1) is 0 Å². The maximum Gasteiger partial charge on any atom is 0.338 e. The standard InChI is InChI=1S/C9H18NO4P/c1-3-5-6-14-7(4-2)9(10,15-13)8(11)12/h7H,3-6,10H2,1-2H3,(H,11,12). The van der Waals surface area contributed by atoms with Gasteiger partial charge in [-0.1, -0.05) is 20.3 Å². The summed E-state index contributed by atoms with van der Waals surface area (Å²) in [5.74, 6) is -1.30. The zero-order valence-electron chi connectivity index (χ0n) is 9.10. The molecular formula is C9H18NO4P. The molecule has 0 aromatic rings. The molecule has 0 aromatic heterocycles. The van der Waals surface area contributed by atoms with Crippen LogP contribution in [0.25, 0.3) is 0 Å². The van der Waals surface area contributed by atoms with Gasteiger partial charge in [0.1, 0.15) is 0 Å². The molecule has 0 fully saturated rings. The second kappa shape index (κ2) is 6.88. The molecule has 5 nitrogen and oxygen atoms in total. The molecule has 0 aliphatic heterocycles. The molecule has 0 saturated carbocycles. The van der Waals surface area contributed by atoms with Gasteiger partial charge in [0.2, 0.25) is 5.28 Å². The fraction of sp³-hybridized carbons (Fsp3) is 0.889. The van der Waals surface area contributed by atoms with Gasteiger partial charge in [-0.05, 0) is 12.8 Å². The van der Waals surface area contributed by atoms with Crippen molar-refractivity contribution in [3.8, 4) is 0 Å². The molecular weight excluding hydrogens is 217 g/mol. The van der Waals surface area contributed by atoms with E-state index in [4.69, 9.17) is 15.6 Å². The molecule has 6 heteroatoms. The van der Waals surface area contributed by atoms with Crippen LogP contribution in [-0.4, -0.2) is 29.1 Å². The topological polar surface area (TPSA) is 89.6 Å². The van der Waals surface area contributed by atoms with E-state index in [0.717, 1.165) is 12.8 Å². The van der Waals surface area contributed by atoms with Gasteiger partial charge in [-0.3, -0.25) is 4.57 Å². The third kappa shape index (κ3) is 3.86. The Balaban J connectivity index is 4.47. The van der Waals surface area contributed by atoms with Crippen molar-refractivity contribution in [1.29, 1.82) is 0 Å². The second-order valence-electron chi connectivity index (χ2n) is 3.34. The van der Waals surface area contributed by atoms with Crippen LogP contribution in [0, 0.1) is 0 Å². The van der Waals surface area contributed by atoms with Crippen molar-refractivity contribution in [2.45, 2.75) is 44.5 Å². The van der Waals surface area contributed by atoms with Crippen LogP contribution >= 0.6 is 8.46 Å². The predicted molar refractivity (Wildman–Crippen MR) is 57.1 cm³/mol. The number of rotatable bonds is 8. The van der Waals surface area contributed by atoms with Gasteiger partial charge in [0, 0.05) is 6.61 Å². The van der Waals surface area contributed by atoms with Crippen molar-refractivity contribution >= 4 is 14.4 Å². The van der Waals surface area contributed by atoms with Crippen LogP contribution in [0.4, 0.5) is 0 Å². The number of aliphatic carboxylic acids is 1. The molecule has 0 radical (unpaired) electrons. The van der Waals surface area contributed by atoms with Crippen molar-refractivity contribution in [2.24, 2.45) is 5.73 Å². The molecule has 0 spiro atoms. The highest BCUT2D eigenvalue weighted by molar-refractivity contribution is 7.27. The fourth-order valence-corrected chi connectivity index (χ4v) is 1.61. The molecule has 3 N–H and O–H groups in total. The van der Waals surface area contributed by atoms with Crippen LogP contribution < -0.4 is 5.73 Å². The number of unbranched alkanes of at least 4 members (excludes halogenated alkanes) is 1. The van der Waals surface area contributed by atoms with Crippen LogP contribution in [0.2, 0.25) is 0 Å². The average Bonchev–Trinajstić information content (AvgIpc) is 2.23. The smallest absolute Gasteiger partial charge is 0.338 e. The van der Waals surface area contributed by atoms with E-state index in [2.05, 4.69) is 0 Å². The van der Waals surface area contributed by atoms with E-state index >= 15 is 0 Å². The minimum absolute atomic E-state index is 0.418. The first kappa shape index (κ1) is 14.5. The van der Waals surface area contributed by atoms with Crippen molar-refractivity contribution in [2.75, 3.05) is 6.61 Å². The largest absolute Gasteiger partial charge is 0.479 e. The molecule has 88 valence electrons. The van der Waals surface area contributed by atoms with E-state index < -0.39 is 25.8 Å². The first-order valence-electron chi connectivity index (χ1n) is 5.01. The van der Waals surface area contributed by atoms with Crippen LogP contribution in [0.5, 0.6) is 0 Å². The summed E-state index contributed by atoms with van der Waals surface area (Å²) in [7, 11) is -0.621. The molecule has 0 bridgehead atoms. The van der Waals surface area contributed by atoms with Gasteiger partial charge >= 0.3 is 5.97 Å². The minimum Gasteiger partial charge on any atom is -0.479 e. The van der Waals surface area contributed by atoms with Crippen LogP contribution in [-0.2, 0) is 14.1 Å². The molecule has 0 aromatic carbocycles. The molecule has 0 heterocycles. The minimum atomic E-state index is -1.83. The van der Waals surface area contributed by atoms with Gasteiger partial charge in [0.25, 0.3) is 0 Å². The molecule has 0 saturated heterocycles. The van der Waals surface area contributed by atoms with Crippen molar-refractivity contribution in [3.63, 3.8) is 0 Å². The number of hydrogen-bond acceptors (Lipinski definition) is 4. The Morgan fingerprint density at radius 2 is 2.20 bits per heavy atom. The van der Waals surface area contributed by atoms with E-state index in [0.29, 0.717) is 13.0 Å². The summed E-state index contributed by atoms with van der Waals surface area (Å²) in [4.78, 5) is 10.9. The maximum absolute atomic E-state index is 10.9. The Morgan fingerprint density at radius 1 is 1.60 bits per heavy atom. The summed E-state index contributed by atoms with van der Waals surface area (Å²) in [6.07, 6.45) is 1.49. The first-order chi connectivity index (χ1) is 7.02. The highest BCUT2D eigenvalue weighted by atomic mass is 31.1. The van der Waals surface area contributed by atoms with E-state index in [1.807, 2.05) is 6.92 Å². The third-order valence-electron chi connectivity index (χ3n) is 2.17. The zero-order chi connectivity index (χ0) is 11.9. The van der Waals surface area contributed by atoms with Crippen molar-refractivity contribution in [3.05, 3.63) is 0 Å². The lowest BCUT2D eigenvalue weighted by atomic mass is 10.1. The Labute approximate surface area is 91.2 Å². The number of carboxylic acid groups (broad SMARTS) is 1. The lowest BCUT2D eigenvalue weighted by Gasteiger charge is -2.26. The predicted octanol–water partition coefficient (Wildman–Crippen LogP) is 1.61. The van der Waals surface area contributed by atoms with Crippen molar-refractivity contribution < 1.29 is 19.2 Å². The Bertz CT molecular complexity index is 224.